The fraction of sp³-hybridized carbons (Fsp3) is 0.462. The summed E-state index contributed by atoms with van der Waals surface area (Å²) in [5, 5.41) is 0. The first-order chi connectivity index (χ1) is 8.69. The van der Waals surface area contributed by atoms with Crippen molar-refractivity contribution in [3.8, 4) is 0 Å². The van der Waals surface area contributed by atoms with E-state index in [0.717, 1.165) is 5.56 Å². The van der Waals surface area contributed by atoms with Crippen molar-refractivity contribution in [3.63, 3.8) is 0 Å². The molecule has 2 rings (SSSR count). The summed E-state index contributed by atoms with van der Waals surface area (Å²) in [6.45, 7) is 2.13. The van der Waals surface area contributed by atoms with Crippen molar-refractivity contribution in [2.75, 3.05) is 33.4 Å². The zero-order valence-corrected chi connectivity index (χ0v) is 10.3. The second-order valence-electron chi connectivity index (χ2n) is 4.22. The Kier molecular flexibility index (Phi) is 4.28. The molecule has 0 radical (unpaired) electrons. The Balaban J connectivity index is 1.98. The van der Waals surface area contributed by atoms with Crippen LogP contribution in [0.25, 0.3) is 0 Å². The van der Waals surface area contributed by atoms with Crippen molar-refractivity contribution in [2.24, 2.45) is 0 Å². The number of hydrogen-bond acceptors (Lipinski definition) is 4. The van der Waals surface area contributed by atoms with Crippen LogP contribution in [0, 0.1) is 5.82 Å². The molecule has 4 nitrogen and oxygen atoms in total. The summed E-state index contributed by atoms with van der Waals surface area (Å²) in [4.78, 5) is 13.2. The van der Waals surface area contributed by atoms with E-state index < -0.39 is 0 Å². The highest BCUT2D eigenvalue weighted by molar-refractivity contribution is 5.71. The maximum atomic E-state index is 12.8. The van der Waals surface area contributed by atoms with E-state index in [0.29, 0.717) is 19.7 Å². The minimum atomic E-state index is -0.263. The number of hydrogen-bond donors (Lipinski definition) is 0. The van der Waals surface area contributed by atoms with Crippen LogP contribution in [-0.4, -0.2) is 44.2 Å². The number of carbonyl (C=O) groups excluding carboxylic acids is 1. The number of rotatable bonds is 3. The summed E-state index contributed by atoms with van der Waals surface area (Å²) < 4.78 is 23.1. The van der Waals surface area contributed by atoms with E-state index in [2.05, 4.69) is 4.74 Å². The Morgan fingerprint density at radius 2 is 2.22 bits per heavy atom. The van der Waals surface area contributed by atoms with Gasteiger partial charge in [0.15, 0.2) is 0 Å². The van der Waals surface area contributed by atoms with Gasteiger partial charge in [0, 0.05) is 13.1 Å². The molecule has 0 unspecified atom stereocenters. The molecule has 0 spiro atoms. The molecule has 1 heterocycles. The Hall–Kier alpha value is -1.46. The Morgan fingerprint density at radius 3 is 2.89 bits per heavy atom. The number of carbonyl (C=O) groups is 1. The number of morpholine rings is 1. The van der Waals surface area contributed by atoms with Gasteiger partial charge in [0.2, 0.25) is 0 Å². The van der Waals surface area contributed by atoms with Crippen LogP contribution in [0.5, 0.6) is 0 Å². The zero-order chi connectivity index (χ0) is 13.0. The van der Waals surface area contributed by atoms with Gasteiger partial charge < -0.3 is 9.47 Å². The molecule has 18 heavy (non-hydrogen) atoms. The van der Waals surface area contributed by atoms with Crippen LogP contribution >= 0.6 is 0 Å². The molecule has 1 aromatic carbocycles. The van der Waals surface area contributed by atoms with E-state index in [1.54, 1.807) is 12.1 Å². The van der Waals surface area contributed by atoms with E-state index >= 15 is 0 Å². The maximum absolute atomic E-state index is 12.8. The first-order valence-corrected chi connectivity index (χ1v) is 5.85. The largest absolute Gasteiger partial charge is 0.468 e. The molecule has 1 fully saturated rings. The van der Waals surface area contributed by atoms with Crippen LogP contribution in [0.3, 0.4) is 0 Å². The van der Waals surface area contributed by atoms with Crippen LogP contribution < -0.4 is 0 Å². The molecule has 1 saturated heterocycles. The van der Waals surface area contributed by atoms with Crippen molar-refractivity contribution in [3.05, 3.63) is 35.6 Å². The molecular weight excluding hydrogens is 237 g/mol. The van der Waals surface area contributed by atoms with E-state index in [1.165, 1.54) is 19.2 Å². The number of nitrogens with zero attached hydrogens (tertiary/aromatic N) is 1. The summed E-state index contributed by atoms with van der Waals surface area (Å²) >= 11 is 0. The van der Waals surface area contributed by atoms with Gasteiger partial charge in [-0.15, -0.1) is 0 Å². The second-order valence-corrected chi connectivity index (χ2v) is 4.22. The molecule has 0 bridgehead atoms. The number of methoxy groups -OCH3 is 1. The molecular formula is C13H16FNO3. The van der Waals surface area contributed by atoms with Gasteiger partial charge in [0.05, 0.1) is 26.4 Å². The third-order valence-corrected chi connectivity index (χ3v) is 2.97. The predicted molar refractivity (Wildman–Crippen MR) is 63.5 cm³/mol. The highest BCUT2D eigenvalue weighted by Gasteiger charge is 2.23. The molecule has 1 aromatic rings. The van der Waals surface area contributed by atoms with Crippen LogP contribution in [0.15, 0.2) is 24.3 Å². The second kappa shape index (κ2) is 5.93. The minimum Gasteiger partial charge on any atom is -0.468 e. The fourth-order valence-corrected chi connectivity index (χ4v) is 1.97. The number of halogens is 1. The highest BCUT2D eigenvalue weighted by Crippen LogP contribution is 2.22. The molecule has 0 aliphatic carbocycles. The molecule has 1 atom stereocenters. The molecule has 0 aromatic heterocycles. The molecule has 0 amide bonds. The van der Waals surface area contributed by atoms with Gasteiger partial charge in [-0.2, -0.15) is 0 Å². The number of esters is 1. The first-order valence-electron chi connectivity index (χ1n) is 5.85. The zero-order valence-electron chi connectivity index (χ0n) is 10.3. The normalized spacial score (nSPS) is 20.7. The van der Waals surface area contributed by atoms with Crippen LogP contribution in [0.1, 0.15) is 11.7 Å². The van der Waals surface area contributed by atoms with Crippen LogP contribution in [0.4, 0.5) is 4.39 Å². The molecule has 5 heteroatoms. The van der Waals surface area contributed by atoms with E-state index in [1.807, 2.05) is 4.90 Å². The van der Waals surface area contributed by atoms with E-state index in [-0.39, 0.29) is 24.4 Å². The summed E-state index contributed by atoms with van der Waals surface area (Å²) in [6, 6.07) is 6.25. The van der Waals surface area contributed by atoms with Crippen molar-refractivity contribution in [2.45, 2.75) is 6.10 Å². The topological polar surface area (TPSA) is 38.8 Å². The van der Waals surface area contributed by atoms with Gasteiger partial charge in [-0.3, -0.25) is 9.69 Å². The maximum Gasteiger partial charge on any atom is 0.319 e. The summed E-state index contributed by atoms with van der Waals surface area (Å²) in [5.74, 6) is -0.518. The molecule has 1 aliphatic rings. The van der Waals surface area contributed by atoms with Gasteiger partial charge in [0.1, 0.15) is 5.82 Å². The van der Waals surface area contributed by atoms with Crippen molar-refractivity contribution in [1.82, 2.24) is 4.90 Å². The Labute approximate surface area is 105 Å². The third kappa shape index (κ3) is 3.27. The average Bonchev–Trinajstić information content (AvgIpc) is 2.40. The number of benzene rings is 1. The lowest BCUT2D eigenvalue weighted by Crippen LogP contribution is -2.41. The lowest BCUT2D eigenvalue weighted by atomic mass is 10.1. The fourth-order valence-electron chi connectivity index (χ4n) is 1.97. The minimum absolute atomic E-state index is 0.121. The highest BCUT2D eigenvalue weighted by atomic mass is 19.1. The van der Waals surface area contributed by atoms with Crippen molar-refractivity contribution < 1.29 is 18.7 Å². The lowest BCUT2D eigenvalue weighted by Gasteiger charge is -2.32. The standard InChI is InChI=1S/C13H16FNO3/c1-17-13(16)9-15-6-7-18-12(8-15)10-2-4-11(14)5-3-10/h2-5,12H,6-9H2,1H3/t12-/m1/s1. The van der Waals surface area contributed by atoms with E-state index in [4.69, 9.17) is 4.74 Å². The van der Waals surface area contributed by atoms with Crippen molar-refractivity contribution >= 4 is 5.97 Å². The Morgan fingerprint density at radius 1 is 1.50 bits per heavy atom. The summed E-state index contributed by atoms with van der Waals surface area (Å²) in [5.41, 5.74) is 0.922. The van der Waals surface area contributed by atoms with Gasteiger partial charge in [-0.25, -0.2) is 4.39 Å². The lowest BCUT2D eigenvalue weighted by molar-refractivity contribution is -0.143. The van der Waals surface area contributed by atoms with Crippen molar-refractivity contribution in [1.29, 1.82) is 0 Å². The monoisotopic (exact) mass is 253 g/mol. The Bertz CT molecular complexity index is 407. The summed E-state index contributed by atoms with van der Waals surface area (Å²) in [7, 11) is 1.38. The predicted octanol–water partition coefficient (Wildman–Crippen LogP) is 1.37. The van der Waals surface area contributed by atoms with Gasteiger partial charge in [0.25, 0.3) is 0 Å². The van der Waals surface area contributed by atoms with Gasteiger partial charge in [-0.05, 0) is 17.7 Å². The molecule has 0 saturated carbocycles. The summed E-state index contributed by atoms with van der Waals surface area (Å²) in [6.07, 6.45) is -0.121. The first kappa shape index (κ1) is 13.0. The smallest absolute Gasteiger partial charge is 0.319 e. The van der Waals surface area contributed by atoms with Crippen LogP contribution in [-0.2, 0) is 14.3 Å². The van der Waals surface area contributed by atoms with E-state index in [9.17, 15) is 9.18 Å². The van der Waals surface area contributed by atoms with Crippen LogP contribution in [0.2, 0.25) is 0 Å². The average molecular weight is 253 g/mol. The quantitative estimate of drug-likeness (QED) is 0.763. The molecule has 98 valence electrons. The van der Waals surface area contributed by atoms with Gasteiger partial charge >= 0.3 is 5.97 Å². The molecule has 1 aliphatic heterocycles. The third-order valence-electron chi connectivity index (χ3n) is 2.97. The number of ether oxygens (including phenoxy) is 2. The van der Waals surface area contributed by atoms with Gasteiger partial charge in [-0.1, -0.05) is 12.1 Å². The SMILES string of the molecule is COC(=O)CN1CCO[C@@H](c2ccc(F)cc2)C1. The molecule has 0 N–H and O–H groups in total.